The van der Waals surface area contributed by atoms with Crippen molar-refractivity contribution < 1.29 is 34.0 Å². The van der Waals surface area contributed by atoms with E-state index in [4.69, 9.17) is 9.47 Å². The minimum absolute atomic E-state index is 0.0550. The van der Waals surface area contributed by atoms with Gasteiger partial charge in [0.05, 0.1) is 19.8 Å². The van der Waals surface area contributed by atoms with Gasteiger partial charge in [-0.15, -0.1) is 0 Å². The lowest BCUT2D eigenvalue weighted by Gasteiger charge is -2.39. The Morgan fingerprint density at radius 2 is 1.83 bits per heavy atom. The zero-order valence-electron chi connectivity index (χ0n) is 14.7. The van der Waals surface area contributed by atoms with Crippen LogP contribution in [-0.4, -0.2) is 70.0 Å². The van der Waals surface area contributed by atoms with Gasteiger partial charge in [-0.3, -0.25) is 4.90 Å². The molecule has 0 aromatic rings. The lowest BCUT2D eigenvalue weighted by atomic mass is 9.92. The molecule has 1 saturated heterocycles. The molecule has 0 aromatic heterocycles. The third-order valence-electron chi connectivity index (χ3n) is 3.65. The van der Waals surface area contributed by atoms with Crippen LogP contribution >= 0.6 is 0 Å². The summed E-state index contributed by atoms with van der Waals surface area (Å²) in [5.74, 6) is -1.00. The quantitative estimate of drug-likeness (QED) is 0.730. The lowest BCUT2D eigenvalue weighted by molar-refractivity contribution is -0.177. The van der Waals surface area contributed by atoms with Crippen molar-refractivity contribution >= 4 is 12.1 Å². The first-order chi connectivity index (χ1) is 10.2. The van der Waals surface area contributed by atoms with Crippen LogP contribution in [0, 0.1) is 0 Å². The molecule has 23 heavy (non-hydrogen) atoms. The van der Waals surface area contributed by atoms with Gasteiger partial charge in [0.2, 0.25) is 0 Å². The van der Waals surface area contributed by atoms with Crippen molar-refractivity contribution in [1.29, 1.82) is 0 Å². The van der Waals surface area contributed by atoms with Gasteiger partial charge >= 0.3 is 12.1 Å². The zero-order chi connectivity index (χ0) is 18.2. The van der Waals surface area contributed by atoms with Crippen molar-refractivity contribution in [3.63, 3.8) is 0 Å². The van der Waals surface area contributed by atoms with E-state index in [1.54, 1.807) is 34.6 Å². The molecule has 8 nitrogen and oxygen atoms in total. The molecule has 1 rings (SSSR count). The normalized spacial score (nSPS) is 24.7. The smallest absolute Gasteiger partial charge is 0.412 e. The maximum Gasteiger partial charge on any atom is 0.412 e. The van der Waals surface area contributed by atoms with Crippen LogP contribution in [-0.2, 0) is 19.0 Å². The van der Waals surface area contributed by atoms with Crippen molar-refractivity contribution in [3.8, 4) is 0 Å². The van der Waals surface area contributed by atoms with Crippen LogP contribution in [0.3, 0.4) is 0 Å². The maximum absolute atomic E-state index is 12.5. The number of rotatable bonds is 3. The van der Waals surface area contributed by atoms with Crippen molar-refractivity contribution in [2.24, 2.45) is 0 Å². The number of methoxy groups -OCH3 is 1. The Kier molecular flexibility index (Phi) is 5.35. The summed E-state index contributed by atoms with van der Waals surface area (Å²) in [7, 11) is 1.10. The van der Waals surface area contributed by atoms with E-state index >= 15 is 0 Å². The van der Waals surface area contributed by atoms with Crippen LogP contribution < -0.4 is 0 Å². The predicted octanol–water partition coefficient (Wildman–Crippen LogP) is 0.643. The monoisotopic (exact) mass is 333 g/mol. The number of hydrogen-bond acceptors (Lipinski definition) is 7. The summed E-state index contributed by atoms with van der Waals surface area (Å²) in [6.45, 7) is 9.48. The molecular formula is C15H27NO7. The SMILES string of the molecule is COC(=O)[C@](C)(O)[C@H](O)[C@H]1COC(C)(C)N1C(=O)OC(C)(C)C. The van der Waals surface area contributed by atoms with Gasteiger partial charge < -0.3 is 24.4 Å². The van der Waals surface area contributed by atoms with Crippen LogP contribution in [0.25, 0.3) is 0 Å². The predicted molar refractivity (Wildman–Crippen MR) is 80.5 cm³/mol. The average molecular weight is 333 g/mol. The summed E-state index contributed by atoms with van der Waals surface area (Å²) in [6.07, 6.45) is -2.31. The number of amides is 1. The highest BCUT2D eigenvalue weighted by molar-refractivity contribution is 5.80. The molecule has 1 aliphatic heterocycles. The molecule has 1 fully saturated rings. The number of hydrogen-bond donors (Lipinski definition) is 2. The van der Waals surface area contributed by atoms with E-state index < -0.39 is 41.1 Å². The number of nitrogens with zero attached hydrogens (tertiary/aromatic N) is 1. The number of aliphatic hydroxyl groups excluding tert-OH is 1. The van der Waals surface area contributed by atoms with Gasteiger partial charge in [-0.1, -0.05) is 0 Å². The lowest BCUT2D eigenvalue weighted by Crippen LogP contribution is -2.60. The Bertz CT molecular complexity index is 467. The molecule has 0 spiro atoms. The molecule has 3 atom stereocenters. The molecule has 0 aliphatic carbocycles. The fourth-order valence-corrected chi connectivity index (χ4v) is 2.43. The topological polar surface area (TPSA) is 106 Å². The van der Waals surface area contributed by atoms with Gasteiger partial charge in [0, 0.05) is 0 Å². The van der Waals surface area contributed by atoms with Gasteiger partial charge in [0.25, 0.3) is 0 Å². The van der Waals surface area contributed by atoms with E-state index in [0.29, 0.717) is 0 Å². The number of ether oxygens (including phenoxy) is 3. The van der Waals surface area contributed by atoms with Crippen LogP contribution in [0.1, 0.15) is 41.5 Å². The summed E-state index contributed by atoms with van der Waals surface area (Å²) < 4.78 is 15.4. The molecule has 0 radical (unpaired) electrons. The minimum atomic E-state index is -2.19. The average Bonchev–Trinajstić information content (AvgIpc) is 2.70. The summed E-state index contributed by atoms with van der Waals surface area (Å²) in [6, 6.07) is -0.964. The molecule has 2 N–H and O–H groups in total. The second-order valence-corrected chi connectivity index (χ2v) is 7.26. The van der Waals surface area contributed by atoms with Gasteiger partial charge in [0.1, 0.15) is 17.4 Å². The molecule has 1 amide bonds. The van der Waals surface area contributed by atoms with Crippen LogP contribution in [0.4, 0.5) is 4.79 Å². The van der Waals surface area contributed by atoms with E-state index in [0.717, 1.165) is 14.0 Å². The second kappa shape index (κ2) is 6.26. The van der Waals surface area contributed by atoms with E-state index in [2.05, 4.69) is 4.74 Å². The van der Waals surface area contributed by atoms with E-state index in [-0.39, 0.29) is 6.61 Å². The molecule has 0 aromatic carbocycles. The van der Waals surface area contributed by atoms with E-state index in [1.807, 2.05) is 0 Å². The highest BCUT2D eigenvalue weighted by Gasteiger charge is 2.54. The molecule has 1 aliphatic rings. The molecule has 0 saturated carbocycles. The minimum Gasteiger partial charge on any atom is -0.467 e. The molecule has 0 bridgehead atoms. The van der Waals surface area contributed by atoms with E-state index in [9.17, 15) is 19.8 Å². The molecule has 1 heterocycles. The van der Waals surface area contributed by atoms with Crippen molar-refractivity contribution in [2.75, 3.05) is 13.7 Å². The summed E-state index contributed by atoms with van der Waals surface area (Å²) in [5.41, 5.74) is -3.99. The Labute approximate surface area is 136 Å². The summed E-state index contributed by atoms with van der Waals surface area (Å²) in [4.78, 5) is 25.4. The highest BCUT2D eigenvalue weighted by atomic mass is 16.6. The Morgan fingerprint density at radius 3 is 2.26 bits per heavy atom. The largest absolute Gasteiger partial charge is 0.467 e. The fraction of sp³-hybridized carbons (Fsp3) is 0.867. The van der Waals surface area contributed by atoms with Gasteiger partial charge in [-0.2, -0.15) is 0 Å². The van der Waals surface area contributed by atoms with Gasteiger partial charge in [0.15, 0.2) is 5.60 Å². The molecule has 134 valence electrons. The first kappa shape index (κ1) is 19.7. The van der Waals surface area contributed by atoms with Crippen LogP contribution in [0.5, 0.6) is 0 Å². The van der Waals surface area contributed by atoms with E-state index in [1.165, 1.54) is 4.90 Å². The second-order valence-electron chi connectivity index (χ2n) is 7.26. The molecule has 0 unspecified atom stereocenters. The Balaban J connectivity index is 3.10. The zero-order valence-corrected chi connectivity index (χ0v) is 14.7. The summed E-state index contributed by atoms with van der Waals surface area (Å²) in [5, 5.41) is 20.7. The Morgan fingerprint density at radius 1 is 1.30 bits per heavy atom. The maximum atomic E-state index is 12.5. The third-order valence-corrected chi connectivity index (χ3v) is 3.65. The summed E-state index contributed by atoms with van der Waals surface area (Å²) >= 11 is 0. The Hall–Kier alpha value is -1.38. The molecular weight excluding hydrogens is 306 g/mol. The standard InChI is InChI=1S/C15H27NO7/c1-13(2,3)23-12(19)16-9(8-22-14(16,4)5)10(17)15(6,20)11(18)21-7/h9-10,17,20H,8H2,1-7H3/t9-,10-,15-/m1/s1. The number of carbonyl (C=O) groups excluding carboxylic acids is 2. The number of carbonyl (C=O) groups is 2. The molecule has 8 heteroatoms. The van der Waals surface area contributed by atoms with Gasteiger partial charge in [-0.05, 0) is 41.5 Å². The van der Waals surface area contributed by atoms with Gasteiger partial charge in [-0.25, -0.2) is 9.59 Å². The van der Waals surface area contributed by atoms with Crippen LogP contribution in [0.15, 0.2) is 0 Å². The van der Waals surface area contributed by atoms with Crippen LogP contribution in [0.2, 0.25) is 0 Å². The van der Waals surface area contributed by atoms with Crippen molar-refractivity contribution in [2.45, 2.75) is 70.6 Å². The third kappa shape index (κ3) is 4.13. The first-order valence-corrected chi connectivity index (χ1v) is 7.39. The fourth-order valence-electron chi connectivity index (χ4n) is 2.43. The number of esters is 1. The van der Waals surface area contributed by atoms with Crippen molar-refractivity contribution in [3.05, 3.63) is 0 Å². The number of aliphatic hydroxyl groups is 2. The highest BCUT2D eigenvalue weighted by Crippen LogP contribution is 2.33. The first-order valence-electron chi connectivity index (χ1n) is 7.39. The van der Waals surface area contributed by atoms with Crippen molar-refractivity contribution in [1.82, 2.24) is 4.90 Å².